The summed E-state index contributed by atoms with van der Waals surface area (Å²) in [5.41, 5.74) is 4.05. The number of primary sulfonamides is 1. The maximum Gasteiger partial charge on any atom is 0.238 e. The minimum absolute atomic E-state index is 0.0291. The van der Waals surface area contributed by atoms with Crippen LogP contribution in [0.1, 0.15) is 0 Å². The van der Waals surface area contributed by atoms with Crippen LogP contribution >= 0.6 is 0 Å². The summed E-state index contributed by atoms with van der Waals surface area (Å²) in [5.74, 6) is 1.74. The smallest absolute Gasteiger partial charge is 0.238 e. The van der Waals surface area contributed by atoms with Crippen LogP contribution in [0, 0.1) is 0 Å². The van der Waals surface area contributed by atoms with Gasteiger partial charge in [-0.1, -0.05) is 12.1 Å². The van der Waals surface area contributed by atoms with Crippen molar-refractivity contribution in [3.63, 3.8) is 0 Å². The maximum absolute atomic E-state index is 12.0. The Hall–Kier alpha value is -3.36. The summed E-state index contributed by atoms with van der Waals surface area (Å²) in [6.07, 6.45) is 0. The van der Waals surface area contributed by atoms with E-state index in [4.69, 9.17) is 14.9 Å². The minimum Gasteiger partial charge on any atom is -0.453 e. The van der Waals surface area contributed by atoms with Crippen LogP contribution in [0.4, 0.5) is 5.69 Å². The molecule has 0 saturated carbocycles. The van der Waals surface area contributed by atoms with Gasteiger partial charge in [0.2, 0.25) is 10.0 Å². The van der Waals surface area contributed by atoms with Crippen LogP contribution < -0.4 is 14.8 Å². The van der Waals surface area contributed by atoms with E-state index in [9.17, 15) is 8.42 Å². The van der Waals surface area contributed by atoms with Gasteiger partial charge in [0.05, 0.1) is 16.1 Å². The van der Waals surface area contributed by atoms with Gasteiger partial charge in [-0.25, -0.2) is 18.5 Å². The molecule has 3 aromatic carbocycles. The number of benzene rings is 3. The zero-order chi connectivity index (χ0) is 20.3. The Kier molecular flexibility index (Phi) is 3.71. The molecule has 0 unspecified atom stereocenters. The summed E-state index contributed by atoms with van der Waals surface area (Å²) in [5, 5.41) is 5.36. The summed E-state index contributed by atoms with van der Waals surface area (Å²) in [6.45, 7) is 0. The molecule has 1 aliphatic rings. The standard InChI is InChI=1S/C21H18N4O3S/c1-24(2)14-9-7-13(8-10-14)21-23-16-11-15(29(22,26)27)12-19-20(16)25(21)17-5-3-4-6-18(17)28-19/h3-12H,1-2H3,(H2,22,26,27). The van der Waals surface area contributed by atoms with Crippen molar-refractivity contribution in [2.24, 2.45) is 5.14 Å². The summed E-state index contributed by atoms with van der Waals surface area (Å²) in [6, 6.07) is 18.6. The molecule has 0 spiro atoms. The quantitative estimate of drug-likeness (QED) is 0.495. The third-order valence-electron chi connectivity index (χ3n) is 4.99. The highest BCUT2D eigenvalue weighted by Crippen LogP contribution is 2.44. The molecule has 0 amide bonds. The van der Waals surface area contributed by atoms with E-state index < -0.39 is 10.0 Å². The third-order valence-corrected chi connectivity index (χ3v) is 5.88. The summed E-state index contributed by atoms with van der Waals surface area (Å²) >= 11 is 0. The second kappa shape index (κ2) is 6.07. The van der Waals surface area contributed by atoms with Crippen LogP contribution in [0.15, 0.2) is 65.6 Å². The normalized spacial score (nSPS) is 12.5. The number of imidazole rings is 1. The third kappa shape index (κ3) is 2.76. The van der Waals surface area contributed by atoms with Crippen LogP contribution in [0.2, 0.25) is 0 Å². The molecule has 0 atom stereocenters. The highest BCUT2D eigenvalue weighted by atomic mass is 32.2. The SMILES string of the molecule is CN(C)c1ccc(-c2nc3cc(S(N)(=O)=O)cc4c3n2-c2ccccc2O4)cc1. The second-order valence-corrected chi connectivity index (χ2v) is 8.68. The van der Waals surface area contributed by atoms with Crippen LogP contribution in [-0.4, -0.2) is 32.1 Å². The van der Waals surface area contributed by atoms with E-state index in [1.54, 1.807) is 0 Å². The molecule has 1 aliphatic heterocycles. The molecular formula is C21H18N4O3S. The number of para-hydroxylation sites is 2. The number of hydrogen-bond donors (Lipinski definition) is 1. The first kappa shape index (κ1) is 17.7. The molecule has 4 aromatic rings. The first-order chi connectivity index (χ1) is 13.8. The molecule has 29 heavy (non-hydrogen) atoms. The summed E-state index contributed by atoms with van der Waals surface area (Å²) in [7, 11) is 0.0684. The minimum atomic E-state index is -3.90. The van der Waals surface area contributed by atoms with Gasteiger partial charge in [-0.05, 0) is 42.5 Å². The van der Waals surface area contributed by atoms with E-state index in [1.807, 2.05) is 72.1 Å². The van der Waals surface area contributed by atoms with Gasteiger partial charge < -0.3 is 9.64 Å². The number of nitrogens with two attached hydrogens (primary N) is 1. The molecule has 5 rings (SSSR count). The van der Waals surface area contributed by atoms with Crippen molar-refractivity contribution >= 4 is 26.7 Å². The lowest BCUT2D eigenvalue weighted by molar-refractivity contribution is 0.474. The van der Waals surface area contributed by atoms with E-state index in [0.29, 0.717) is 28.4 Å². The highest BCUT2D eigenvalue weighted by molar-refractivity contribution is 7.89. The van der Waals surface area contributed by atoms with Gasteiger partial charge in [0.15, 0.2) is 11.5 Å². The number of aromatic nitrogens is 2. The van der Waals surface area contributed by atoms with Gasteiger partial charge in [0.1, 0.15) is 11.3 Å². The van der Waals surface area contributed by atoms with Crippen LogP contribution in [0.3, 0.4) is 0 Å². The predicted octanol–water partition coefficient (Wildman–Crippen LogP) is 3.51. The van der Waals surface area contributed by atoms with Gasteiger partial charge in [0.25, 0.3) is 0 Å². The number of fused-ring (bicyclic) bond motifs is 2. The van der Waals surface area contributed by atoms with E-state index in [0.717, 1.165) is 16.9 Å². The van der Waals surface area contributed by atoms with Crippen molar-refractivity contribution < 1.29 is 13.2 Å². The molecule has 2 N–H and O–H groups in total. The Labute approximate surface area is 168 Å². The Bertz CT molecular complexity index is 1370. The Morgan fingerprint density at radius 3 is 2.41 bits per heavy atom. The van der Waals surface area contributed by atoms with Crippen LogP contribution in [-0.2, 0) is 10.0 Å². The molecule has 0 bridgehead atoms. The molecule has 8 heteroatoms. The lowest BCUT2D eigenvalue weighted by atomic mass is 10.1. The fourth-order valence-electron chi connectivity index (χ4n) is 3.57. The van der Waals surface area contributed by atoms with Crippen molar-refractivity contribution in [3.05, 3.63) is 60.7 Å². The fourth-order valence-corrected chi connectivity index (χ4v) is 4.12. The molecule has 1 aromatic heterocycles. The lowest BCUT2D eigenvalue weighted by Crippen LogP contribution is -2.13. The number of anilines is 1. The Morgan fingerprint density at radius 2 is 1.72 bits per heavy atom. The van der Waals surface area contributed by atoms with E-state index >= 15 is 0 Å². The van der Waals surface area contributed by atoms with Gasteiger partial charge >= 0.3 is 0 Å². The van der Waals surface area contributed by atoms with Crippen molar-refractivity contribution in [2.45, 2.75) is 4.90 Å². The molecule has 0 aliphatic carbocycles. The van der Waals surface area contributed by atoms with Crippen molar-refractivity contribution in [1.29, 1.82) is 0 Å². The van der Waals surface area contributed by atoms with Crippen molar-refractivity contribution in [3.8, 4) is 28.6 Å². The molecule has 0 saturated heterocycles. The van der Waals surface area contributed by atoms with Crippen molar-refractivity contribution in [2.75, 3.05) is 19.0 Å². The molecule has 146 valence electrons. The topological polar surface area (TPSA) is 90.5 Å². The lowest BCUT2D eigenvalue weighted by Gasteiger charge is -2.21. The monoisotopic (exact) mass is 406 g/mol. The first-order valence-corrected chi connectivity index (χ1v) is 10.5. The number of nitrogens with zero attached hydrogens (tertiary/aromatic N) is 3. The highest BCUT2D eigenvalue weighted by Gasteiger charge is 2.27. The van der Waals surface area contributed by atoms with Gasteiger partial charge in [0, 0.05) is 31.4 Å². The Morgan fingerprint density at radius 1 is 1.00 bits per heavy atom. The second-order valence-electron chi connectivity index (χ2n) is 7.12. The zero-order valence-electron chi connectivity index (χ0n) is 15.8. The molecule has 2 heterocycles. The van der Waals surface area contributed by atoms with Crippen molar-refractivity contribution in [1.82, 2.24) is 9.55 Å². The van der Waals surface area contributed by atoms with Gasteiger partial charge in [-0.3, -0.25) is 4.57 Å². The first-order valence-electron chi connectivity index (χ1n) is 8.97. The molecule has 7 nitrogen and oxygen atoms in total. The number of hydrogen-bond acceptors (Lipinski definition) is 5. The van der Waals surface area contributed by atoms with Crippen LogP contribution in [0.5, 0.6) is 11.5 Å². The molecular weight excluding hydrogens is 388 g/mol. The Balaban J connectivity index is 1.84. The van der Waals surface area contributed by atoms with E-state index in [-0.39, 0.29) is 4.90 Å². The molecule has 0 radical (unpaired) electrons. The average molecular weight is 406 g/mol. The maximum atomic E-state index is 12.0. The fraction of sp³-hybridized carbons (Fsp3) is 0.0952. The number of ether oxygens (including phenoxy) is 1. The van der Waals surface area contributed by atoms with Crippen LogP contribution in [0.25, 0.3) is 28.1 Å². The van der Waals surface area contributed by atoms with Gasteiger partial charge in [-0.2, -0.15) is 0 Å². The van der Waals surface area contributed by atoms with E-state index in [1.165, 1.54) is 12.1 Å². The summed E-state index contributed by atoms with van der Waals surface area (Å²) in [4.78, 5) is 6.75. The average Bonchev–Trinajstić information content (AvgIpc) is 3.08. The van der Waals surface area contributed by atoms with E-state index in [2.05, 4.69) is 0 Å². The molecule has 0 fully saturated rings. The predicted molar refractivity (Wildman–Crippen MR) is 112 cm³/mol. The summed E-state index contributed by atoms with van der Waals surface area (Å²) < 4.78 is 31.9. The van der Waals surface area contributed by atoms with Gasteiger partial charge in [-0.15, -0.1) is 0 Å². The zero-order valence-corrected chi connectivity index (χ0v) is 16.6. The number of rotatable bonds is 3. The number of sulfonamides is 1. The largest absolute Gasteiger partial charge is 0.453 e.